The van der Waals surface area contributed by atoms with Gasteiger partial charge < -0.3 is 15.4 Å². The lowest BCUT2D eigenvalue weighted by Gasteiger charge is -2.16. The Morgan fingerprint density at radius 1 is 1.04 bits per heavy atom. The Kier molecular flexibility index (Phi) is 5.89. The van der Waals surface area contributed by atoms with Gasteiger partial charge in [-0.2, -0.15) is 0 Å². The molecule has 0 saturated heterocycles. The zero-order valence-corrected chi connectivity index (χ0v) is 16.5. The number of carbonyl (C=O) groups is 1. The van der Waals surface area contributed by atoms with Crippen molar-refractivity contribution in [2.75, 3.05) is 17.7 Å². The first-order chi connectivity index (χ1) is 13.5. The number of ether oxygens (including phenoxy) is 1. The third kappa shape index (κ3) is 4.46. The molecule has 0 atom stereocenters. The summed E-state index contributed by atoms with van der Waals surface area (Å²) in [6.45, 7) is 6.36. The molecule has 3 rings (SSSR count). The first-order valence-electron chi connectivity index (χ1n) is 9.12. The molecule has 0 unspecified atom stereocenters. The van der Waals surface area contributed by atoms with Crippen LogP contribution in [-0.4, -0.2) is 23.0 Å². The van der Waals surface area contributed by atoms with Crippen LogP contribution in [0.2, 0.25) is 0 Å². The molecule has 1 aromatic heterocycles. The number of hydrogen-bond acceptors (Lipinski definition) is 5. The smallest absolute Gasteiger partial charge is 0.275 e. The van der Waals surface area contributed by atoms with Gasteiger partial charge in [-0.05, 0) is 48.2 Å². The van der Waals surface area contributed by atoms with Gasteiger partial charge in [-0.1, -0.05) is 32.0 Å². The molecule has 2 N–H and O–H groups in total. The van der Waals surface area contributed by atoms with E-state index in [1.165, 1.54) is 11.8 Å². The highest BCUT2D eigenvalue weighted by molar-refractivity contribution is 6.02. The van der Waals surface area contributed by atoms with Crippen molar-refractivity contribution in [1.29, 1.82) is 0 Å². The predicted octanol–water partition coefficient (Wildman–Crippen LogP) is 4.91. The molecule has 0 aliphatic rings. The maximum absolute atomic E-state index is 12.4. The average Bonchev–Trinajstić information content (AvgIpc) is 2.70. The normalized spacial score (nSPS) is 10.6. The molecule has 0 fully saturated rings. The topological polar surface area (TPSA) is 76.1 Å². The van der Waals surface area contributed by atoms with E-state index >= 15 is 0 Å². The number of aryl methyl sites for hydroxylation is 1. The van der Waals surface area contributed by atoms with Crippen molar-refractivity contribution in [3.8, 4) is 5.75 Å². The third-order valence-electron chi connectivity index (χ3n) is 4.41. The largest absolute Gasteiger partial charge is 0.497 e. The lowest BCUT2D eigenvalue weighted by molar-refractivity contribution is 0.102. The molecule has 28 heavy (non-hydrogen) atoms. The monoisotopic (exact) mass is 376 g/mol. The van der Waals surface area contributed by atoms with Gasteiger partial charge in [0, 0.05) is 11.4 Å². The number of benzene rings is 2. The van der Waals surface area contributed by atoms with E-state index in [1.807, 2.05) is 6.07 Å². The Hall–Kier alpha value is -3.41. The molecule has 3 aromatic rings. The maximum Gasteiger partial charge on any atom is 0.275 e. The van der Waals surface area contributed by atoms with Gasteiger partial charge in [0.15, 0.2) is 0 Å². The quantitative estimate of drug-likeness (QED) is 0.639. The van der Waals surface area contributed by atoms with Crippen molar-refractivity contribution < 1.29 is 9.53 Å². The average molecular weight is 376 g/mol. The standard InChI is InChI=1S/C22H24N4O2/c1-14(2)18-7-5-6-15(3)21(18)26-20-13-23-19(12-24-20)22(27)25-16-8-10-17(28-4)11-9-16/h5-14H,1-4H3,(H,24,26)(H,25,27). The number of rotatable bonds is 6. The van der Waals surface area contributed by atoms with Crippen LogP contribution in [0, 0.1) is 6.92 Å². The van der Waals surface area contributed by atoms with Crippen molar-refractivity contribution in [1.82, 2.24) is 9.97 Å². The van der Waals surface area contributed by atoms with Crippen LogP contribution < -0.4 is 15.4 Å². The van der Waals surface area contributed by atoms with E-state index in [9.17, 15) is 4.79 Å². The van der Waals surface area contributed by atoms with E-state index in [2.05, 4.69) is 53.5 Å². The van der Waals surface area contributed by atoms with E-state index in [1.54, 1.807) is 37.6 Å². The van der Waals surface area contributed by atoms with Crippen LogP contribution in [0.5, 0.6) is 5.75 Å². The summed E-state index contributed by atoms with van der Waals surface area (Å²) in [4.78, 5) is 21.0. The number of nitrogens with zero attached hydrogens (tertiary/aromatic N) is 2. The summed E-state index contributed by atoms with van der Waals surface area (Å²) in [5.41, 5.74) is 4.28. The molecule has 1 heterocycles. The predicted molar refractivity (Wildman–Crippen MR) is 112 cm³/mol. The van der Waals surface area contributed by atoms with E-state index in [0.29, 0.717) is 17.4 Å². The zero-order chi connectivity index (χ0) is 20.1. The lowest BCUT2D eigenvalue weighted by Crippen LogP contribution is -2.14. The third-order valence-corrected chi connectivity index (χ3v) is 4.41. The summed E-state index contributed by atoms with van der Waals surface area (Å²) in [7, 11) is 1.60. The molecule has 0 spiro atoms. The molecule has 0 bridgehead atoms. The van der Waals surface area contributed by atoms with Gasteiger partial charge in [0.05, 0.1) is 19.5 Å². The number of hydrogen-bond donors (Lipinski definition) is 2. The van der Waals surface area contributed by atoms with Crippen molar-refractivity contribution in [3.05, 3.63) is 71.7 Å². The number of nitrogens with one attached hydrogen (secondary N) is 2. The van der Waals surface area contributed by atoms with E-state index in [0.717, 1.165) is 17.0 Å². The number of methoxy groups -OCH3 is 1. The van der Waals surface area contributed by atoms with Gasteiger partial charge in [-0.15, -0.1) is 0 Å². The van der Waals surface area contributed by atoms with Gasteiger partial charge in [0.2, 0.25) is 0 Å². The number of aromatic nitrogens is 2. The molecular weight excluding hydrogens is 352 g/mol. The van der Waals surface area contributed by atoms with Crippen molar-refractivity contribution in [3.63, 3.8) is 0 Å². The Labute approximate surface area is 165 Å². The van der Waals surface area contributed by atoms with Crippen molar-refractivity contribution >= 4 is 23.1 Å². The second-order valence-corrected chi connectivity index (χ2v) is 6.79. The fraction of sp³-hybridized carbons (Fsp3) is 0.227. The fourth-order valence-electron chi connectivity index (χ4n) is 2.85. The first-order valence-corrected chi connectivity index (χ1v) is 9.12. The summed E-state index contributed by atoms with van der Waals surface area (Å²) in [6, 6.07) is 13.3. The van der Waals surface area contributed by atoms with Crippen molar-refractivity contribution in [2.24, 2.45) is 0 Å². The highest BCUT2D eigenvalue weighted by Crippen LogP contribution is 2.29. The van der Waals surface area contributed by atoms with E-state index in [-0.39, 0.29) is 11.6 Å². The molecule has 144 valence electrons. The highest BCUT2D eigenvalue weighted by Gasteiger charge is 2.12. The molecule has 0 saturated carbocycles. The fourth-order valence-corrected chi connectivity index (χ4v) is 2.85. The second kappa shape index (κ2) is 8.52. The Balaban J connectivity index is 1.72. The van der Waals surface area contributed by atoms with E-state index in [4.69, 9.17) is 4.74 Å². The minimum atomic E-state index is -0.317. The summed E-state index contributed by atoms with van der Waals surface area (Å²) >= 11 is 0. The molecule has 6 heteroatoms. The summed E-state index contributed by atoms with van der Waals surface area (Å²) in [6.07, 6.45) is 3.04. The number of anilines is 3. The van der Waals surface area contributed by atoms with Gasteiger partial charge in [0.25, 0.3) is 5.91 Å². The van der Waals surface area contributed by atoms with Gasteiger partial charge >= 0.3 is 0 Å². The van der Waals surface area contributed by atoms with Crippen LogP contribution in [0.3, 0.4) is 0 Å². The minimum Gasteiger partial charge on any atom is -0.497 e. The highest BCUT2D eigenvalue weighted by atomic mass is 16.5. The summed E-state index contributed by atoms with van der Waals surface area (Å²) in [5.74, 6) is 1.38. The Morgan fingerprint density at radius 3 is 2.39 bits per heavy atom. The molecule has 6 nitrogen and oxygen atoms in total. The molecule has 0 aliphatic carbocycles. The maximum atomic E-state index is 12.4. The Bertz CT molecular complexity index is 951. The molecular formula is C22H24N4O2. The number of carbonyl (C=O) groups excluding carboxylic acids is 1. The van der Waals surface area contributed by atoms with Crippen LogP contribution in [0.25, 0.3) is 0 Å². The molecule has 0 radical (unpaired) electrons. The van der Waals surface area contributed by atoms with Crippen LogP contribution in [0.15, 0.2) is 54.9 Å². The van der Waals surface area contributed by atoms with Gasteiger partial charge in [0.1, 0.15) is 17.3 Å². The van der Waals surface area contributed by atoms with Crippen molar-refractivity contribution in [2.45, 2.75) is 26.7 Å². The molecule has 1 amide bonds. The first kappa shape index (κ1) is 19.4. The molecule has 0 aliphatic heterocycles. The Morgan fingerprint density at radius 2 is 1.79 bits per heavy atom. The minimum absolute atomic E-state index is 0.246. The zero-order valence-electron chi connectivity index (χ0n) is 16.5. The summed E-state index contributed by atoms with van der Waals surface area (Å²) < 4.78 is 5.11. The second-order valence-electron chi connectivity index (χ2n) is 6.79. The van der Waals surface area contributed by atoms with Crippen LogP contribution >= 0.6 is 0 Å². The van der Waals surface area contributed by atoms with Crippen LogP contribution in [0.4, 0.5) is 17.2 Å². The van der Waals surface area contributed by atoms with E-state index < -0.39 is 0 Å². The SMILES string of the molecule is COc1ccc(NC(=O)c2cnc(Nc3c(C)cccc3C(C)C)cn2)cc1. The number of amides is 1. The van der Waals surface area contributed by atoms with Gasteiger partial charge in [-0.3, -0.25) is 4.79 Å². The van der Waals surface area contributed by atoms with Crippen LogP contribution in [0.1, 0.15) is 41.4 Å². The molecule has 2 aromatic carbocycles. The van der Waals surface area contributed by atoms with Gasteiger partial charge in [-0.25, -0.2) is 9.97 Å². The van der Waals surface area contributed by atoms with Crippen LogP contribution in [-0.2, 0) is 0 Å². The lowest BCUT2D eigenvalue weighted by atomic mass is 9.98. The summed E-state index contributed by atoms with van der Waals surface area (Å²) in [5, 5.41) is 6.13. The number of para-hydroxylation sites is 1.